The van der Waals surface area contributed by atoms with Gasteiger partial charge in [0.25, 0.3) is 5.91 Å². The van der Waals surface area contributed by atoms with Gasteiger partial charge in [-0.25, -0.2) is 8.42 Å². The van der Waals surface area contributed by atoms with E-state index in [4.69, 9.17) is 5.26 Å². The van der Waals surface area contributed by atoms with Crippen LogP contribution in [0.5, 0.6) is 0 Å². The third-order valence-electron chi connectivity index (χ3n) is 4.42. The molecule has 0 spiro atoms. The van der Waals surface area contributed by atoms with Gasteiger partial charge in [-0.3, -0.25) is 14.3 Å². The van der Waals surface area contributed by atoms with Crippen LogP contribution in [0.1, 0.15) is 50.2 Å². The molecule has 1 fully saturated rings. The first kappa shape index (κ1) is 19.9. The summed E-state index contributed by atoms with van der Waals surface area (Å²) >= 11 is 0. The smallest absolute Gasteiger partial charge is 0.255 e. The molecule has 1 aliphatic carbocycles. The Kier molecular flexibility index (Phi) is 6.75. The van der Waals surface area contributed by atoms with Crippen LogP contribution in [0.25, 0.3) is 0 Å². The fraction of sp³-hybridized carbons (Fsp3) is 0.500. The molecule has 1 aromatic carbocycles. The zero-order chi connectivity index (χ0) is 19.2. The Morgan fingerprint density at radius 2 is 1.81 bits per heavy atom. The maximum absolute atomic E-state index is 12.2. The predicted molar refractivity (Wildman–Crippen MR) is 96.1 cm³/mol. The van der Waals surface area contributed by atoms with Gasteiger partial charge in [-0.15, -0.1) is 0 Å². The van der Waals surface area contributed by atoms with Crippen LogP contribution in [-0.2, 0) is 25.4 Å². The lowest BCUT2D eigenvalue weighted by molar-refractivity contribution is -0.130. The molecular weight excluding hydrogens is 354 g/mol. The minimum absolute atomic E-state index is 0.103. The molecule has 0 radical (unpaired) electrons. The molecule has 0 heterocycles. The first-order valence-electron chi connectivity index (χ1n) is 8.64. The lowest BCUT2D eigenvalue weighted by Gasteiger charge is -2.22. The van der Waals surface area contributed by atoms with Gasteiger partial charge < -0.3 is 5.32 Å². The standard InChI is InChI=1S/C18H23N3O4S/c1-13(20-18(23)16-5-3-2-4-6-16)17(22)21-26(24,25)12-15-9-7-14(11-19)8-10-15/h7-10,13,16H,2-6,12H2,1H3,(H,20,23)(H,21,22)/t13-/m0/s1. The van der Waals surface area contributed by atoms with E-state index in [1.54, 1.807) is 0 Å². The van der Waals surface area contributed by atoms with Gasteiger partial charge in [-0.1, -0.05) is 31.4 Å². The second-order valence-electron chi connectivity index (χ2n) is 6.60. The van der Waals surface area contributed by atoms with Crippen LogP contribution in [0, 0.1) is 17.2 Å². The minimum Gasteiger partial charge on any atom is -0.344 e. The summed E-state index contributed by atoms with van der Waals surface area (Å²) in [5.74, 6) is -1.44. The summed E-state index contributed by atoms with van der Waals surface area (Å²) in [5, 5.41) is 11.3. The van der Waals surface area contributed by atoms with Gasteiger partial charge in [-0.2, -0.15) is 5.26 Å². The van der Waals surface area contributed by atoms with Crippen molar-refractivity contribution in [2.45, 2.75) is 50.8 Å². The maximum Gasteiger partial charge on any atom is 0.255 e. The largest absolute Gasteiger partial charge is 0.344 e. The Balaban J connectivity index is 1.89. The van der Waals surface area contributed by atoms with Crippen LogP contribution < -0.4 is 10.0 Å². The molecule has 1 saturated carbocycles. The third-order valence-corrected chi connectivity index (χ3v) is 5.65. The van der Waals surface area contributed by atoms with Crippen molar-refractivity contribution in [3.05, 3.63) is 35.4 Å². The van der Waals surface area contributed by atoms with Crippen molar-refractivity contribution in [2.75, 3.05) is 0 Å². The normalized spacial score (nSPS) is 16.3. The summed E-state index contributed by atoms with van der Waals surface area (Å²) in [4.78, 5) is 24.3. The van der Waals surface area contributed by atoms with Crippen LogP contribution >= 0.6 is 0 Å². The van der Waals surface area contributed by atoms with Gasteiger partial charge in [0.1, 0.15) is 6.04 Å². The zero-order valence-electron chi connectivity index (χ0n) is 14.7. The van der Waals surface area contributed by atoms with E-state index in [-0.39, 0.29) is 17.6 Å². The van der Waals surface area contributed by atoms with Crippen LogP contribution in [0.2, 0.25) is 0 Å². The maximum atomic E-state index is 12.2. The summed E-state index contributed by atoms with van der Waals surface area (Å²) in [6.45, 7) is 1.47. The number of nitriles is 1. The molecule has 0 bridgehead atoms. The molecule has 0 aliphatic heterocycles. The SMILES string of the molecule is C[C@H](NC(=O)C1CCCCC1)C(=O)NS(=O)(=O)Cc1ccc(C#N)cc1. The average Bonchev–Trinajstić information content (AvgIpc) is 2.62. The summed E-state index contributed by atoms with van der Waals surface area (Å²) in [6, 6.07) is 7.10. The highest BCUT2D eigenvalue weighted by Crippen LogP contribution is 2.23. The fourth-order valence-electron chi connectivity index (χ4n) is 2.93. The molecule has 1 aromatic rings. The molecule has 1 aliphatic rings. The molecule has 2 N–H and O–H groups in total. The lowest BCUT2D eigenvalue weighted by atomic mass is 9.88. The Bertz CT molecular complexity index is 791. The van der Waals surface area contributed by atoms with Crippen molar-refractivity contribution in [3.8, 4) is 6.07 Å². The number of sulfonamides is 1. The summed E-state index contributed by atoms with van der Waals surface area (Å²) in [5.41, 5.74) is 0.887. The topological polar surface area (TPSA) is 116 Å². The summed E-state index contributed by atoms with van der Waals surface area (Å²) in [6.07, 6.45) is 4.72. The Morgan fingerprint density at radius 1 is 1.19 bits per heavy atom. The fourth-order valence-corrected chi connectivity index (χ4v) is 4.12. The Hall–Kier alpha value is -2.40. The lowest BCUT2D eigenvalue weighted by Crippen LogP contribution is -2.48. The summed E-state index contributed by atoms with van der Waals surface area (Å²) in [7, 11) is -3.89. The van der Waals surface area contributed by atoms with E-state index in [0.29, 0.717) is 11.1 Å². The van der Waals surface area contributed by atoms with Crippen molar-refractivity contribution in [2.24, 2.45) is 5.92 Å². The molecule has 140 valence electrons. The monoisotopic (exact) mass is 377 g/mol. The number of amides is 2. The number of nitrogens with one attached hydrogen (secondary N) is 2. The van der Waals surface area contributed by atoms with Crippen molar-refractivity contribution in [1.82, 2.24) is 10.0 Å². The second-order valence-corrected chi connectivity index (χ2v) is 8.32. The number of nitrogens with zero attached hydrogens (tertiary/aromatic N) is 1. The van der Waals surface area contributed by atoms with Crippen molar-refractivity contribution < 1.29 is 18.0 Å². The van der Waals surface area contributed by atoms with E-state index in [2.05, 4.69) is 5.32 Å². The predicted octanol–water partition coefficient (Wildman–Crippen LogP) is 1.59. The number of hydrogen-bond donors (Lipinski definition) is 2. The molecule has 0 unspecified atom stereocenters. The molecule has 0 saturated heterocycles. The number of carbonyl (C=O) groups excluding carboxylic acids is 2. The molecule has 2 amide bonds. The van der Waals surface area contributed by atoms with E-state index >= 15 is 0 Å². The van der Waals surface area contributed by atoms with Gasteiger partial charge in [0, 0.05) is 5.92 Å². The third kappa shape index (κ3) is 5.85. The van der Waals surface area contributed by atoms with Crippen molar-refractivity contribution >= 4 is 21.8 Å². The van der Waals surface area contributed by atoms with Gasteiger partial charge in [0.05, 0.1) is 17.4 Å². The highest BCUT2D eigenvalue weighted by molar-refractivity contribution is 7.89. The molecule has 0 aromatic heterocycles. The molecular formula is C18H23N3O4S. The number of hydrogen-bond acceptors (Lipinski definition) is 5. The van der Waals surface area contributed by atoms with Gasteiger partial charge >= 0.3 is 0 Å². The average molecular weight is 377 g/mol. The van der Waals surface area contributed by atoms with Crippen LogP contribution in [-0.4, -0.2) is 26.3 Å². The van der Waals surface area contributed by atoms with E-state index in [1.807, 2.05) is 10.8 Å². The van der Waals surface area contributed by atoms with E-state index < -0.39 is 22.0 Å². The van der Waals surface area contributed by atoms with Crippen LogP contribution in [0.3, 0.4) is 0 Å². The molecule has 8 heteroatoms. The van der Waals surface area contributed by atoms with Crippen molar-refractivity contribution in [3.63, 3.8) is 0 Å². The van der Waals surface area contributed by atoms with Crippen molar-refractivity contribution in [1.29, 1.82) is 5.26 Å². The number of benzene rings is 1. The van der Waals surface area contributed by atoms with Crippen LogP contribution in [0.4, 0.5) is 0 Å². The number of rotatable bonds is 6. The molecule has 7 nitrogen and oxygen atoms in total. The minimum atomic E-state index is -3.89. The molecule has 1 atom stereocenters. The Morgan fingerprint density at radius 3 is 2.38 bits per heavy atom. The summed E-state index contributed by atoms with van der Waals surface area (Å²) < 4.78 is 26.3. The highest BCUT2D eigenvalue weighted by Gasteiger charge is 2.26. The first-order chi connectivity index (χ1) is 12.3. The van der Waals surface area contributed by atoms with Gasteiger partial charge in [0.2, 0.25) is 15.9 Å². The van der Waals surface area contributed by atoms with Gasteiger partial charge in [-0.05, 0) is 37.5 Å². The quantitative estimate of drug-likeness (QED) is 0.781. The van der Waals surface area contributed by atoms with E-state index in [9.17, 15) is 18.0 Å². The molecule has 26 heavy (non-hydrogen) atoms. The highest BCUT2D eigenvalue weighted by atomic mass is 32.2. The molecule has 2 rings (SSSR count). The van der Waals surface area contributed by atoms with Crippen LogP contribution in [0.15, 0.2) is 24.3 Å². The number of carbonyl (C=O) groups is 2. The first-order valence-corrected chi connectivity index (χ1v) is 10.3. The van der Waals surface area contributed by atoms with E-state index in [0.717, 1.165) is 32.1 Å². The zero-order valence-corrected chi connectivity index (χ0v) is 15.5. The second kappa shape index (κ2) is 8.81. The van der Waals surface area contributed by atoms with E-state index in [1.165, 1.54) is 31.2 Å². The van der Waals surface area contributed by atoms with Gasteiger partial charge in [0.15, 0.2) is 0 Å². The Labute approximate surface area is 153 Å².